The minimum absolute atomic E-state index is 0.345. The van der Waals surface area contributed by atoms with Crippen LogP contribution < -0.4 is 0 Å². The lowest BCUT2D eigenvalue weighted by Gasteiger charge is -2.18. The first-order valence-corrected chi connectivity index (χ1v) is 5.72. The molecule has 0 amide bonds. The van der Waals surface area contributed by atoms with E-state index in [-0.39, 0.29) is 6.23 Å². The Balaban J connectivity index is 2.16. The highest BCUT2D eigenvalue weighted by Crippen LogP contribution is 2.25. The molecular weight excluding hydrogens is 231 g/mol. The van der Waals surface area contributed by atoms with Crippen molar-refractivity contribution in [1.82, 2.24) is 9.78 Å². The van der Waals surface area contributed by atoms with Crippen molar-refractivity contribution in [3.8, 4) is 12.3 Å². The highest BCUT2D eigenvalue weighted by Gasteiger charge is 2.18. The smallest absolute Gasteiger partial charge is 0.240 e. The third kappa shape index (κ3) is 1.69. The van der Waals surface area contributed by atoms with Crippen molar-refractivity contribution in [2.45, 2.75) is 12.6 Å². The quantitative estimate of drug-likeness (QED) is 0.567. The van der Waals surface area contributed by atoms with Crippen LogP contribution in [0, 0.1) is 18.3 Å². The Morgan fingerprint density at radius 1 is 1.50 bits per heavy atom. The zero-order valence-corrected chi connectivity index (χ0v) is 9.64. The Kier molecular flexibility index (Phi) is 2.62. The molecule has 1 aliphatic heterocycles. The van der Waals surface area contributed by atoms with Gasteiger partial charge in [-0.1, -0.05) is 12.0 Å². The molecule has 0 saturated carbocycles. The van der Waals surface area contributed by atoms with Crippen molar-refractivity contribution in [1.29, 1.82) is 0 Å². The van der Waals surface area contributed by atoms with E-state index < -0.39 is 5.95 Å². The van der Waals surface area contributed by atoms with Crippen molar-refractivity contribution in [2.75, 3.05) is 6.61 Å². The summed E-state index contributed by atoms with van der Waals surface area (Å²) in [6, 6.07) is 5.17. The largest absolute Gasteiger partial charge is 0.352 e. The van der Waals surface area contributed by atoms with Crippen molar-refractivity contribution < 1.29 is 9.13 Å². The molecule has 4 heteroatoms. The van der Waals surface area contributed by atoms with Crippen LogP contribution in [0.5, 0.6) is 0 Å². The zero-order valence-electron chi connectivity index (χ0n) is 9.64. The fourth-order valence-corrected chi connectivity index (χ4v) is 2.06. The van der Waals surface area contributed by atoms with Crippen LogP contribution in [0.15, 0.2) is 30.4 Å². The van der Waals surface area contributed by atoms with Gasteiger partial charge in [0.1, 0.15) is 0 Å². The minimum Gasteiger partial charge on any atom is -0.352 e. The molecule has 0 N–H and O–H groups in total. The molecule has 3 rings (SSSR count). The van der Waals surface area contributed by atoms with Crippen LogP contribution in [0.25, 0.3) is 10.9 Å². The van der Waals surface area contributed by atoms with Crippen molar-refractivity contribution in [3.63, 3.8) is 0 Å². The summed E-state index contributed by atoms with van der Waals surface area (Å²) in [5, 5.41) is 4.32. The van der Waals surface area contributed by atoms with Crippen LogP contribution in [-0.4, -0.2) is 16.4 Å². The molecule has 0 spiro atoms. The van der Waals surface area contributed by atoms with E-state index >= 15 is 0 Å². The number of hydrogen-bond acceptors (Lipinski definition) is 2. The van der Waals surface area contributed by atoms with Gasteiger partial charge in [-0.3, -0.25) is 0 Å². The highest BCUT2D eigenvalue weighted by molar-refractivity contribution is 5.81. The summed E-state index contributed by atoms with van der Waals surface area (Å²) in [6.45, 7) is 0.618. The normalized spacial score (nSPS) is 19.0. The second-order valence-electron chi connectivity index (χ2n) is 4.09. The van der Waals surface area contributed by atoms with Gasteiger partial charge >= 0.3 is 0 Å². The molecule has 1 aromatic heterocycles. The zero-order chi connectivity index (χ0) is 12.5. The molecule has 2 aromatic rings. The van der Waals surface area contributed by atoms with Crippen molar-refractivity contribution in [2.24, 2.45) is 0 Å². The van der Waals surface area contributed by atoms with Gasteiger partial charge in [-0.25, -0.2) is 4.68 Å². The maximum atomic E-state index is 13.8. The third-order valence-electron chi connectivity index (χ3n) is 2.94. The Morgan fingerprint density at radius 3 is 3.11 bits per heavy atom. The summed E-state index contributed by atoms with van der Waals surface area (Å²) in [5.74, 6) is 1.96. The molecule has 0 radical (unpaired) electrons. The fraction of sp³-hybridized carbons (Fsp3) is 0.214. The maximum Gasteiger partial charge on any atom is 0.240 e. The van der Waals surface area contributed by atoms with Crippen LogP contribution in [0.3, 0.4) is 0 Å². The van der Waals surface area contributed by atoms with E-state index in [2.05, 4.69) is 11.0 Å². The van der Waals surface area contributed by atoms with E-state index in [1.807, 2.05) is 12.2 Å². The summed E-state index contributed by atoms with van der Waals surface area (Å²) in [7, 11) is 0. The van der Waals surface area contributed by atoms with Crippen LogP contribution in [0.1, 0.15) is 18.2 Å². The van der Waals surface area contributed by atoms with E-state index in [0.29, 0.717) is 23.1 Å². The number of benzene rings is 1. The van der Waals surface area contributed by atoms with Crippen molar-refractivity contribution >= 4 is 10.9 Å². The van der Waals surface area contributed by atoms with E-state index in [4.69, 9.17) is 11.2 Å². The Bertz CT molecular complexity index is 666. The molecule has 2 heterocycles. The molecule has 0 saturated heterocycles. The average molecular weight is 242 g/mol. The summed E-state index contributed by atoms with van der Waals surface area (Å²) in [5.41, 5.74) is 1.32. The standard InChI is InChI=1S/C14H11FN2O/c1-2-10-6-7-12-11(9-10)14(15)16-17(12)13-5-3-4-8-18-13/h1,3,5-7,9,13H,4,8H2. The van der Waals surface area contributed by atoms with Crippen molar-refractivity contribution in [3.05, 3.63) is 41.9 Å². The third-order valence-corrected chi connectivity index (χ3v) is 2.94. The molecule has 1 unspecified atom stereocenters. The second kappa shape index (κ2) is 4.28. The first-order chi connectivity index (χ1) is 8.79. The highest BCUT2D eigenvalue weighted by atomic mass is 19.1. The summed E-state index contributed by atoms with van der Waals surface area (Å²) in [6.07, 6.45) is 9.72. The number of aromatic nitrogens is 2. The molecule has 0 aliphatic carbocycles. The van der Waals surface area contributed by atoms with Gasteiger partial charge in [-0.2, -0.15) is 4.39 Å². The summed E-state index contributed by atoms with van der Waals surface area (Å²) < 4.78 is 20.9. The monoisotopic (exact) mass is 242 g/mol. The van der Waals surface area contributed by atoms with Crippen LogP contribution in [0.4, 0.5) is 4.39 Å². The second-order valence-corrected chi connectivity index (χ2v) is 4.09. The first kappa shape index (κ1) is 11.0. The average Bonchev–Trinajstić information content (AvgIpc) is 2.77. The van der Waals surface area contributed by atoms with Gasteiger partial charge < -0.3 is 4.74 Å². The molecular formula is C14H11FN2O. The topological polar surface area (TPSA) is 27.1 Å². The van der Waals surface area contributed by atoms with E-state index in [1.165, 1.54) is 0 Å². The SMILES string of the molecule is C#Cc1ccc2c(c1)c(F)nn2C1C=CCCO1. The Morgan fingerprint density at radius 2 is 2.39 bits per heavy atom. The lowest BCUT2D eigenvalue weighted by atomic mass is 10.1. The number of terminal acetylenes is 1. The molecule has 1 aromatic carbocycles. The minimum atomic E-state index is -0.523. The lowest BCUT2D eigenvalue weighted by molar-refractivity contribution is 0.0258. The number of ether oxygens (including phenoxy) is 1. The van der Waals surface area contributed by atoms with Gasteiger partial charge in [0.15, 0.2) is 6.23 Å². The maximum absolute atomic E-state index is 13.8. The summed E-state index contributed by atoms with van der Waals surface area (Å²) >= 11 is 0. The molecule has 3 nitrogen and oxygen atoms in total. The van der Waals surface area contributed by atoms with Gasteiger partial charge in [-0.05, 0) is 30.7 Å². The predicted octanol–water partition coefficient (Wildman–Crippen LogP) is 2.63. The predicted molar refractivity (Wildman–Crippen MR) is 66.4 cm³/mol. The molecule has 0 fully saturated rings. The van der Waals surface area contributed by atoms with Gasteiger partial charge in [0.05, 0.1) is 17.5 Å². The number of nitrogens with zero attached hydrogens (tertiary/aromatic N) is 2. The molecule has 90 valence electrons. The van der Waals surface area contributed by atoms with Gasteiger partial charge in [0.25, 0.3) is 0 Å². The number of halogens is 1. The Hall–Kier alpha value is -2.12. The van der Waals surface area contributed by atoms with E-state index in [9.17, 15) is 4.39 Å². The van der Waals surface area contributed by atoms with E-state index in [0.717, 1.165) is 6.42 Å². The molecule has 1 atom stereocenters. The van der Waals surface area contributed by atoms with Gasteiger partial charge in [0, 0.05) is 5.56 Å². The van der Waals surface area contributed by atoms with Gasteiger partial charge in [-0.15, -0.1) is 11.5 Å². The van der Waals surface area contributed by atoms with Crippen LogP contribution >= 0.6 is 0 Å². The number of fused-ring (bicyclic) bond motifs is 1. The van der Waals surface area contributed by atoms with E-state index in [1.54, 1.807) is 22.9 Å². The number of hydrogen-bond donors (Lipinski definition) is 0. The lowest BCUT2D eigenvalue weighted by Crippen LogP contribution is -2.15. The molecule has 0 bridgehead atoms. The van der Waals surface area contributed by atoms with Crippen LogP contribution in [-0.2, 0) is 4.74 Å². The fourth-order valence-electron chi connectivity index (χ4n) is 2.06. The molecule has 1 aliphatic rings. The number of rotatable bonds is 1. The van der Waals surface area contributed by atoms with Crippen LogP contribution in [0.2, 0.25) is 0 Å². The first-order valence-electron chi connectivity index (χ1n) is 5.72. The Labute approximate surface area is 104 Å². The van der Waals surface area contributed by atoms with Gasteiger partial charge in [0.2, 0.25) is 5.95 Å². The molecule has 18 heavy (non-hydrogen) atoms. The summed E-state index contributed by atoms with van der Waals surface area (Å²) in [4.78, 5) is 0.